The van der Waals surface area contributed by atoms with E-state index in [0.29, 0.717) is 28.7 Å². The fourth-order valence-corrected chi connectivity index (χ4v) is 7.02. The first kappa shape index (κ1) is 26.7. The smallest absolute Gasteiger partial charge is 0.262 e. The summed E-state index contributed by atoms with van der Waals surface area (Å²) in [7, 11) is -4.49. The van der Waals surface area contributed by atoms with Crippen LogP contribution in [-0.2, 0) is 10.0 Å². The molecule has 1 aliphatic rings. The van der Waals surface area contributed by atoms with Gasteiger partial charge in [0.05, 0.1) is 30.7 Å². The minimum atomic E-state index is -4.21. The highest BCUT2D eigenvalue weighted by Gasteiger charge is 2.37. The SMILES string of the molecule is COc1cccc2c1-n1c(-c3ccco3)nnc1N(S(=O)(=O)/C(C)=C(/C)c1ncc(F)cn1)CCS(C)(C)O2. The van der Waals surface area contributed by atoms with Gasteiger partial charge in [0.1, 0.15) is 11.4 Å². The number of sulfonamides is 1. The van der Waals surface area contributed by atoms with E-state index in [-0.39, 0.29) is 34.6 Å². The number of ether oxygens (including phenoxy) is 1. The predicted molar refractivity (Wildman–Crippen MR) is 147 cm³/mol. The van der Waals surface area contributed by atoms with Crippen LogP contribution in [0.3, 0.4) is 0 Å². The van der Waals surface area contributed by atoms with Crippen molar-refractivity contribution in [3.63, 3.8) is 0 Å². The Morgan fingerprint density at radius 1 is 1.10 bits per heavy atom. The van der Waals surface area contributed by atoms with Gasteiger partial charge in [-0.1, -0.05) is 16.4 Å². The molecule has 1 aliphatic heterocycles. The van der Waals surface area contributed by atoms with Gasteiger partial charge < -0.3 is 13.3 Å². The van der Waals surface area contributed by atoms with Crippen LogP contribution in [0, 0.1) is 5.82 Å². The minimum Gasteiger partial charge on any atom is -0.494 e. The van der Waals surface area contributed by atoms with E-state index < -0.39 is 26.1 Å². The van der Waals surface area contributed by atoms with Crippen molar-refractivity contribution in [1.29, 1.82) is 0 Å². The second-order valence-electron chi connectivity index (χ2n) is 9.15. The van der Waals surface area contributed by atoms with E-state index in [2.05, 4.69) is 20.2 Å². The number of aromatic nitrogens is 5. The lowest BCUT2D eigenvalue weighted by atomic mass is 10.2. The van der Waals surface area contributed by atoms with E-state index in [0.717, 1.165) is 12.4 Å². The van der Waals surface area contributed by atoms with Crippen LogP contribution in [-0.4, -0.2) is 65.1 Å². The number of furan rings is 1. The molecule has 0 amide bonds. The molecule has 4 aromatic rings. The van der Waals surface area contributed by atoms with Crippen molar-refractivity contribution in [3.05, 3.63) is 65.5 Å². The number of nitrogens with zero attached hydrogens (tertiary/aromatic N) is 6. The number of rotatable bonds is 5. The molecule has 0 radical (unpaired) electrons. The molecule has 0 saturated heterocycles. The first-order valence-corrected chi connectivity index (χ1v) is 15.8. The molecule has 39 heavy (non-hydrogen) atoms. The van der Waals surface area contributed by atoms with Crippen molar-refractivity contribution in [2.24, 2.45) is 0 Å². The fraction of sp³-hybridized carbons (Fsp3) is 0.280. The summed E-state index contributed by atoms with van der Waals surface area (Å²) in [5.41, 5.74) is 0.710. The average Bonchev–Trinajstić information content (AvgIpc) is 3.58. The number of allylic oxidation sites excluding steroid dienone is 2. The molecule has 0 N–H and O–H groups in total. The van der Waals surface area contributed by atoms with Crippen LogP contribution in [0.1, 0.15) is 19.7 Å². The van der Waals surface area contributed by atoms with Crippen LogP contribution in [0.4, 0.5) is 10.3 Å². The molecule has 0 bridgehead atoms. The average molecular weight is 575 g/mol. The Labute approximate surface area is 226 Å². The normalized spacial score (nSPS) is 16.5. The van der Waals surface area contributed by atoms with Crippen molar-refractivity contribution in [2.75, 3.05) is 36.2 Å². The Morgan fingerprint density at radius 3 is 2.51 bits per heavy atom. The molecule has 1 aromatic carbocycles. The molecule has 11 nitrogen and oxygen atoms in total. The summed E-state index contributed by atoms with van der Waals surface area (Å²) in [5, 5.41) is 8.67. The quantitative estimate of drug-likeness (QED) is 0.340. The van der Waals surface area contributed by atoms with Gasteiger partial charge in [-0.25, -0.2) is 27.1 Å². The first-order valence-electron chi connectivity index (χ1n) is 11.8. The van der Waals surface area contributed by atoms with Gasteiger partial charge in [-0.15, -0.1) is 10.2 Å². The van der Waals surface area contributed by atoms with Gasteiger partial charge in [0, 0.05) is 17.9 Å². The summed E-state index contributed by atoms with van der Waals surface area (Å²) in [6.07, 6.45) is 7.39. The maximum atomic E-state index is 14.3. The Kier molecular flexibility index (Phi) is 6.84. The van der Waals surface area contributed by atoms with Gasteiger partial charge in [0.25, 0.3) is 10.0 Å². The number of hydrogen-bond donors (Lipinski definition) is 0. The highest BCUT2D eigenvalue weighted by molar-refractivity contribution is 8.29. The van der Waals surface area contributed by atoms with Crippen molar-refractivity contribution >= 4 is 31.9 Å². The molecule has 0 atom stereocenters. The van der Waals surface area contributed by atoms with Crippen molar-refractivity contribution in [1.82, 2.24) is 24.7 Å². The van der Waals surface area contributed by atoms with E-state index >= 15 is 0 Å². The van der Waals surface area contributed by atoms with Gasteiger partial charge in [0.15, 0.2) is 23.2 Å². The van der Waals surface area contributed by atoms with E-state index in [1.54, 1.807) is 41.8 Å². The summed E-state index contributed by atoms with van der Waals surface area (Å²) in [6, 6.07) is 8.75. The number of fused-ring (bicyclic) bond motifs is 3. The van der Waals surface area contributed by atoms with Crippen LogP contribution in [0.25, 0.3) is 22.8 Å². The maximum Gasteiger partial charge on any atom is 0.262 e. The van der Waals surface area contributed by atoms with E-state index in [1.165, 1.54) is 24.6 Å². The van der Waals surface area contributed by atoms with Crippen LogP contribution in [0.5, 0.6) is 11.5 Å². The molecule has 0 unspecified atom stereocenters. The Bertz CT molecular complexity index is 1650. The zero-order valence-corrected chi connectivity index (χ0v) is 23.6. The topological polar surface area (TPSA) is 125 Å². The standard InChI is InChI=1S/C25H27FN6O5S2/c1-16(23-27-14-18(26)15-28-23)17(2)39(33,34)31-11-13-38(4,5)37-20-9-6-8-19(35-3)22(20)32-24(29-30-25(31)32)21-10-7-12-36-21/h6-10,12,14-15H,11,13H2,1-5H3/b17-16-. The van der Waals surface area contributed by atoms with E-state index in [9.17, 15) is 12.8 Å². The number of hydrogen-bond acceptors (Lipinski definition) is 9. The van der Waals surface area contributed by atoms with E-state index in [4.69, 9.17) is 13.3 Å². The number of halogens is 1. The molecule has 5 rings (SSSR count). The van der Waals surface area contributed by atoms with Gasteiger partial charge in [0.2, 0.25) is 11.8 Å². The van der Waals surface area contributed by atoms with Crippen LogP contribution >= 0.6 is 10.3 Å². The number of para-hydroxylation sites is 1. The Hall–Kier alpha value is -3.91. The van der Waals surface area contributed by atoms with Gasteiger partial charge in [-0.2, -0.15) is 0 Å². The van der Waals surface area contributed by atoms with Gasteiger partial charge >= 0.3 is 0 Å². The molecule has 4 heterocycles. The molecule has 0 fully saturated rings. The zero-order valence-electron chi connectivity index (χ0n) is 22.0. The summed E-state index contributed by atoms with van der Waals surface area (Å²) in [6.45, 7) is 3.08. The van der Waals surface area contributed by atoms with E-state index in [1.807, 2.05) is 12.5 Å². The van der Waals surface area contributed by atoms with Crippen LogP contribution in [0.15, 0.2) is 58.3 Å². The van der Waals surface area contributed by atoms with Gasteiger partial charge in [-0.05, 0) is 50.6 Å². The van der Waals surface area contributed by atoms with Crippen molar-refractivity contribution < 1.29 is 26.1 Å². The third kappa shape index (κ3) is 4.85. The van der Waals surface area contributed by atoms with Crippen LogP contribution in [0.2, 0.25) is 0 Å². The second-order valence-corrected chi connectivity index (χ2v) is 14.6. The lowest BCUT2D eigenvalue weighted by Crippen LogP contribution is -2.37. The summed E-state index contributed by atoms with van der Waals surface area (Å²) >= 11 is 0. The van der Waals surface area contributed by atoms with Gasteiger partial charge in [-0.3, -0.25) is 4.57 Å². The minimum absolute atomic E-state index is 0.0172. The summed E-state index contributed by atoms with van der Waals surface area (Å²) in [4.78, 5) is 7.90. The van der Waals surface area contributed by atoms with Crippen molar-refractivity contribution in [2.45, 2.75) is 13.8 Å². The summed E-state index contributed by atoms with van der Waals surface area (Å²) in [5.74, 6) is 1.45. The number of benzene rings is 1. The van der Waals surface area contributed by atoms with Crippen LogP contribution < -0.4 is 13.2 Å². The zero-order chi connectivity index (χ0) is 27.9. The summed E-state index contributed by atoms with van der Waals surface area (Å²) < 4.78 is 62.5. The Morgan fingerprint density at radius 2 is 1.85 bits per heavy atom. The molecule has 0 saturated carbocycles. The molecule has 206 valence electrons. The predicted octanol–water partition coefficient (Wildman–Crippen LogP) is 4.42. The monoisotopic (exact) mass is 574 g/mol. The number of anilines is 1. The number of methoxy groups -OCH3 is 1. The molecule has 14 heteroatoms. The largest absolute Gasteiger partial charge is 0.494 e. The molecular formula is C25H27FN6O5S2. The molecule has 3 aromatic heterocycles. The van der Waals surface area contributed by atoms with Crippen molar-refractivity contribution in [3.8, 4) is 28.8 Å². The Balaban J connectivity index is 1.79. The highest BCUT2D eigenvalue weighted by Crippen LogP contribution is 2.49. The highest BCUT2D eigenvalue weighted by atomic mass is 32.3. The lowest BCUT2D eigenvalue weighted by molar-refractivity contribution is 0.410. The fourth-order valence-electron chi connectivity index (χ4n) is 4.10. The third-order valence-electron chi connectivity index (χ3n) is 6.28. The second kappa shape index (κ2) is 10.0. The maximum absolute atomic E-state index is 14.3. The molecule has 0 aliphatic carbocycles. The molecule has 0 spiro atoms. The first-order chi connectivity index (χ1) is 18.5. The third-order valence-corrected chi connectivity index (χ3v) is 10.1. The molecular weight excluding hydrogens is 547 g/mol. The lowest BCUT2D eigenvalue weighted by Gasteiger charge is -2.33.